The number of amides is 1. The van der Waals surface area contributed by atoms with E-state index in [4.69, 9.17) is 4.74 Å². The molecule has 8 nitrogen and oxygen atoms in total. The summed E-state index contributed by atoms with van der Waals surface area (Å²) in [6.07, 6.45) is -0.415. The van der Waals surface area contributed by atoms with Crippen LogP contribution in [0.3, 0.4) is 0 Å². The Hall–Kier alpha value is -2.20. The molecule has 0 saturated heterocycles. The number of carboxylic acid groups (broad SMARTS) is 1. The molecule has 10 heteroatoms. The summed E-state index contributed by atoms with van der Waals surface area (Å²) in [4.78, 5) is 23.4. The second-order valence-corrected chi connectivity index (χ2v) is 5.85. The molecule has 0 saturated carbocycles. The zero-order valence-corrected chi connectivity index (χ0v) is 17.5. The minimum absolute atomic E-state index is 0. The summed E-state index contributed by atoms with van der Waals surface area (Å²) < 4.78 is 29.5. The Bertz CT molecular complexity index is 936. The van der Waals surface area contributed by atoms with Crippen molar-refractivity contribution >= 4 is 28.1 Å². The van der Waals surface area contributed by atoms with Crippen LogP contribution in [-0.4, -0.2) is 27.4 Å². The molecule has 1 unspecified atom stereocenters. The molecule has 0 heterocycles. The Balaban J connectivity index is 0.00000364. The van der Waals surface area contributed by atoms with Crippen LogP contribution >= 0.6 is 0 Å². The van der Waals surface area contributed by atoms with Crippen molar-refractivity contribution < 1.29 is 57.4 Å². The molecule has 1 amide bonds. The summed E-state index contributed by atoms with van der Waals surface area (Å²) in [5.74, 6) is -1.31. The monoisotopic (exact) mass is 398 g/mol. The van der Waals surface area contributed by atoms with E-state index >= 15 is 0 Å². The Kier molecular flexibility index (Phi) is 9.16. The number of carboxylic acids is 1. The Morgan fingerprint density at radius 1 is 1.19 bits per heavy atom. The quantitative estimate of drug-likeness (QED) is 0.538. The van der Waals surface area contributed by atoms with E-state index in [2.05, 4.69) is 9.68 Å². The first-order chi connectivity index (χ1) is 12.4. The number of rotatable bonds is 7. The molecule has 27 heavy (non-hydrogen) atoms. The first-order valence-electron chi connectivity index (χ1n) is 7.45. The number of nitrogens with zero attached hydrogens (tertiary/aromatic N) is 1. The molecule has 0 spiro atoms. The van der Waals surface area contributed by atoms with Crippen LogP contribution < -0.4 is 44.7 Å². The number of carbonyl (C=O) groups excluding carboxylic acids is 2. The van der Waals surface area contributed by atoms with E-state index in [9.17, 15) is 23.1 Å². The maximum Gasteiger partial charge on any atom is 1.00 e. The van der Waals surface area contributed by atoms with E-state index in [0.29, 0.717) is 11.3 Å². The average molecular weight is 398 g/mol. The predicted octanol–water partition coefficient (Wildman–Crippen LogP) is -2.00. The topological polar surface area (TPSA) is 125 Å². The molecular formula is C17H15N2NaO6S. The maximum atomic E-state index is 12.4. The van der Waals surface area contributed by atoms with Crippen LogP contribution in [0.2, 0.25) is 0 Å². The largest absolute Gasteiger partial charge is 1.00 e. The van der Waals surface area contributed by atoms with Crippen molar-refractivity contribution in [3.63, 3.8) is 0 Å². The van der Waals surface area contributed by atoms with Gasteiger partial charge in [0.25, 0.3) is 5.91 Å². The van der Waals surface area contributed by atoms with Gasteiger partial charge in [-0.3, -0.25) is 4.79 Å². The molecule has 0 aromatic heterocycles. The number of methoxy groups -OCH3 is 1. The van der Waals surface area contributed by atoms with Gasteiger partial charge in [-0.05, 0) is 42.0 Å². The molecule has 0 radical (unpaired) electrons. The van der Waals surface area contributed by atoms with Crippen molar-refractivity contribution in [1.29, 1.82) is 0 Å². The van der Waals surface area contributed by atoms with Crippen molar-refractivity contribution in [2.75, 3.05) is 7.11 Å². The minimum Gasteiger partial charge on any atom is -0.550 e. The van der Waals surface area contributed by atoms with Crippen LogP contribution in [0, 0.1) is 0 Å². The van der Waals surface area contributed by atoms with Crippen LogP contribution in [-0.2, 0) is 15.3 Å². The van der Waals surface area contributed by atoms with Gasteiger partial charge in [0.05, 0.1) is 18.8 Å². The summed E-state index contributed by atoms with van der Waals surface area (Å²) in [5, 5.41) is 13.7. The van der Waals surface area contributed by atoms with Gasteiger partial charge in [0.2, 0.25) is 0 Å². The first kappa shape index (κ1) is 22.8. The molecule has 1 atom stereocenters. The third-order valence-electron chi connectivity index (χ3n) is 3.48. The van der Waals surface area contributed by atoms with Crippen LogP contribution in [0.25, 0.3) is 0 Å². The van der Waals surface area contributed by atoms with Gasteiger partial charge in [0.15, 0.2) is 0 Å². The molecule has 2 aromatic carbocycles. The van der Waals surface area contributed by atoms with Gasteiger partial charge in [0.1, 0.15) is 5.75 Å². The minimum atomic E-state index is -2.59. The van der Waals surface area contributed by atoms with E-state index in [0.717, 1.165) is 0 Å². The molecule has 0 aliphatic heterocycles. The summed E-state index contributed by atoms with van der Waals surface area (Å²) in [7, 11) is -1.11. The van der Waals surface area contributed by atoms with Gasteiger partial charge >= 0.3 is 40.1 Å². The SMILES string of the molecule is COc1cccc(C(CC(=O)[O-])NC(=O)c2ccc(N=S(=O)=O)cc2)c1.[Na+]. The zero-order valence-electron chi connectivity index (χ0n) is 14.7. The molecule has 2 aromatic rings. The number of nitrogens with one attached hydrogen (secondary N) is 1. The predicted molar refractivity (Wildman–Crippen MR) is 90.3 cm³/mol. The summed E-state index contributed by atoms with van der Waals surface area (Å²) in [6.45, 7) is 0. The molecule has 0 fully saturated rings. The van der Waals surface area contributed by atoms with Crippen molar-refractivity contribution in [2.45, 2.75) is 12.5 Å². The molecule has 2 rings (SSSR count). The van der Waals surface area contributed by atoms with Crippen LogP contribution in [0.4, 0.5) is 5.69 Å². The summed E-state index contributed by atoms with van der Waals surface area (Å²) >= 11 is 0. The number of ether oxygens (including phenoxy) is 1. The summed E-state index contributed by atoms with van der Waals surface area (Å²) in [6, 6.07) is 11.4. The van der Waals surface area contributed by atoms with Gasteiger partial charge in [-0.2, -0.15) is 8.42 Å². The van der Waals surface area contributed by atoms with Crippen LogP contribution in [0.1, 0.15) is 28.4 Å². The van der Waals surface area contributed by atoms with E-state index in [1.165, 1.54) is 31.4 Å². The number of hydrogen-bond donors (Lipinski definition) is 1. The van der Waals surface area contributed by atoms with E-state index in [1.54, 1.807) is 24.3 Å². The number of carbonyl (C=O) groups is 2. The average Bonchev–Trinajstić information content (AvgIpc) is 2.61. The van der Waals surface area contributed by atoms with Crippen molar-refractivity contribution in [1.82, 2.24) is 5.32 Å². The maximum absolute atomic E-state index is 12.4. The second-order valence-electron chi connectivity index (χ2n) is 5.23. The third-order valence-corrected chi connectivity index (χ3v) is 3.84. The molecule has 0 bridgehead atoms. The standard InChI is InChI=1S/C17H16N2O6S.Na/c1-25-14-4-2-3-12(9-14)15(10-16(20)21)18-17(22)11-5-7-13(8-6-11)19-26(23)24;/h2-9,15H,10H2,1H3,(H,18,22)(H,20,21);/q;+1/p-1. The first-order valence-corrected chi connectivity index (χ1v) is 8.48. The van der Waals surface area contributed by atoms with Gasteiger partial charge < -0.3 is 20.0 Å². The van der Waals surface area contributed by atoms with E-state index < -0.39 is 34.8 Å². The van der Waals surface area contributed by atoms with Crippen LogP contribution in [0.15, 0.2) is 52.9 Å². The van der Waals surface area contributed by atoms with Crippen LogP contribution in [0.5, 0.6) is 5.75 Å². The van der Waals surface area contributed by atoms with Gasteiger partial charge in [0, 0.05) is 18.0 Å². The van der Waals surface area contributed by atoms with Gasteiger partial charge in [-0.25, -0.2) is 0 Å². The fraction of sp³-hybridized carbons (Fsp3) is 0.176. The van der Waals surface area contributed by atoms with E-state index in [1.807, 2.05) is 0 Å². The zero-order chi connectivity index (χ0) is 19.1. The second kappa shape index (κ2) is 10.8. The normalized spacial score (nSPS) is 10.9. The Labute approximate surface area is 179 Å². The molecule has 1 N–H and O–H groups in total. The van der Waals surface area contributed by atoms with Crippen molar-refractivity contribution in [2.24, 2.45) is 4.36 Å². The number of aliphatic carboxylic acids is 1. The van der Waals surface area contributed by atoms with Gasteiger partial charge in [-0.15, -0.1) is 4.36 Å². The molecule has 0 aliphatic rings. The Morgan fingerprint density at radius 2 is 1.85 bits per heavy atom. The molecular weight excluding hydrogens is 383 g/mol. The smallest absolute Gasteiger partial charge is 0.550 e. The van der Waals surface area contributed by atoms with Crippen molar-refractivity contribution in [3.8, 4) is 5.75 Å². The summed E-state index contributed by atoms with van der Waals surface area (Å²) in [5.41, 5.74) is 0.955. The fourth-order valence-electron chi connectivity index (χ4n) is 2.28. The Morgan fingerprint density at radius 3 is 2.41 bits per heavy atom. The molecule has 0 aliphatic carbocycles. The third kappa shape index (κ3) is 7.14. The fourth-order valence-corrected chi connectivity index (χ4v) is 2.57. The number of benzene rings is 2. The van der Waals surface area contributed by atoms with Crippen molar-refractivity contribution in [3.05, 3.63) is 59.7 Å². The van der Waals surface area contributed by atoms with E-state index in [-0.39, 0.29) is 40.8 Å². The molecule has 136 valence electrons. The number of hydrogen-bond acceptors (Lipinski definition) is 7. The van der Waals surface area contributed by atoms with Gasteiger partial charge in [-0.1, -0.05) is 12.1 Å².